The van der Waals surface area contributed by atoms with Crippen LogP contribution >= 0.6 is 11.6 Å². The number of rotatable bonds is 12. The molecule has 2 aliphatic rings. The second-order valence-electron chi connectivity index (χ2n) is 12.0. The molecule has 0 bridgehead atoms. The molecular formula is C35H35ClFN5O5. The average Bonchev–Trinajstić information content (AvgIpc) is 3.39. The SMILES string of the molecule is CCOc1c(Nc2ccc3c(c2)nc(CN2CCC(c4cccc(OCc5ccc(Cl)cc5F)n4)CC2)n3C[C@@H]2CCO2)c(=O)c1=O. The molecule has 2 fully saturated rings. The average molecular weight is 660 g/mol. The van der Waals surface area contributed by atoms with Crippen LogP contribution in [-0.2, 0) is 24.4 Å². The van der Waals surface area contributed by atoms with E-state index in [4.69, 9.17) is 35.8 Å². The van der Waals surface area contributed by atoms with Crippen molar-refractivity contribution in [3.63, 3.8) is 0 Å². The van der Waals surface area contributed by atoms with Gasteiger partial charge in [-0.25, -0.2) is 14.4 Å². The Labute approximate surface area is 275 Å². The molecule has 0 radical (unpaired) electrons. The molecule has 244 valence electrons. The summed E-state index contributed by atoms with van der Waals surface area (Å²) in [7, 11) is 0. The highest BCUT2D eigenvalue weighted by atomic mass is 35.5. The third-order valence-corrected chi connectivity index (χ3v) is 9.17. The lowest BCUT2D eigenvalue weighted by Gasteiger charge is -2.32. The fraction of sp³-hybridized carbons (Fsp3) is 0.371. The molecule has 0 saturated carbocycles. The van der Waals surface area contributed by atoms with Crippen molar-refractivity contribution in [2.45, 2.75) is 57.9 Å². The quantitative estimate of drug-likeness (QED) is 0.169. The first-order valence-corrected chi connectivity index (χ1v) is 16.3. The molecule has 4 heterocycles. The third kappa shape index (κ3) is 6.60. The lowest BCUT2D eigenvalue weighted by Crippen LogP contribution is -2.35. The lowest BCUT2D eigenvalue weighted by molar-refractivity contribution is -0.0592. The number of nitrogens with one attached hydrogen (secondary N) is 1. The van der Waals surface area contributed by atoms with Gasteiger partial charge in [0.15, 0.2) is 5.75 Å². The van der Waals surface area contributed by atoms with Gasteiger partial charge in [0.05, 0.1) is 36.8 Å². The molecule has 7 rings (SSSR count). The van der Waals surface area contributed by atoms with Crippen molar-refractivity contribution < 1.29 is 18.6 Å². The first-order valence-electron chi connectivity index (χ1n) is 16.0. The Hall–Kier alpha value is -4.32. The first-order chi connectivity index (χ1) is 22.9. The van der Waals surface area contributed by atoms with Gasteiger partial charge in [-0.3, -0.25) is 14.5 Å². The summed E-state index contributed by atoms with van der Waals surface area (Å²) in [5, 5.41) is 3.42. The zero-order valence-electron chi connectivity index (χ0n) is 26.0. The highest BCUT2D eigenvalue weighted by Crippen LogP contribution is 2.31. The second-order valence-corrected chi connectivity index (χ2v) is 12.5. The van der Waals surface area contributed by atoms with Crippen molar-refractivity contribution in [3.05, 3.63) is 103 Å². The zero-order valence-corrected chi connectivity index (χ0v) is 26.8. The van der Waals surface area contributed by atoms with Gasteiger partial charge in [0.25, 0.3) is 10.9 Å². The first kappa shape index (κ1) is 31.3. The third-order valence-electron chi connectivity index (χ3n) is 8.94. The number of hydrogen-bond acceptors (Lipinski definition) is 9. The predicted molar refractivity (Wildman–Crippen MR) is 177 cm³/mol. The number of hydrogen-bond donors (Lipinski definition) is 1. The Morgan fingerprint density at radius 1 is 1.02 bits per heavy atom. The van der Waals surface area contributed by atoms with Gasteiger partial charge < -0.3 is 24.1 Å². The van der Waals surface area contributed by atoms with Crippen molar-refractivity contribution in [3.8, 4) is 11.6 Å². The van der Waals surface area contributed by atoms with Crippen molar-refractivity contribution in [1.82, 2.24) is 19.4 Å². The van der Waals surface area contributed by atoms with Gasteiger partial charge in [-0.1, -0.05) is 23.7 Å². The zero-order chi connectivity index (χ0) is 32.5. The molecule has 0 aliphatic carbocycles. The van der Waals surface area contributed by atoms with Gasteiger partial charge in [0.1, 0.15) is 23.9 Å². The summed E-state index contributed by atoms with van der Waals surface area (Å²) in [6, 6.07) is 16.1. The van der Waals surface area contributed by atoms with Crippen LogP contribution in [0.1, 0.15) is 49.2 Å². The van der Waals surface area contributed by atoms with Gasteiger partial charge in [0, 0.05) is 40.6 Å². The van der Waals surface area contributed by atoms with E-state index in [1.807, 2.05) is 30.3 Å². The monoisotopic (exact) mass is 659 g/mol. The van der Waals surface area contributed by atoms with Crippen LogP contribution in [0.15, 0.2) is 64.2 Å². The highest BCUT2D eigenvalue weighted by molar-refractivity contribution is 6.30. The standard InChI is InChI=1S/C35H35ClFN5O5/c1-2-45-35-32(33(43)34(35)44)38-24-8-9-29-28(17-24)39-30(42(29)18-25-12-15-46-25)19-41-13-10-21(11-14-41)27-4-3-5-31(40-27)47-20-22-6-7-23(36)16-26(22)37/h3-9,16-17,21,25,38H,2,10-15,18-20H2,1H3/t25-/m0/s1. The van der Waals surface area contributed by atoms with E-state index in [-0.39, 0.29) is 30.1 Å². The van der Waals surface area contributed by atoms with Crippen LogP contribution in [-0.4, -0.2) is 51.8 Å². The van der Waals surface area contributed by atoms with Crippen LogP contribution in [0.5, 0.6) is 11.6 Å². The molecule has 0 amide bonds. The van der Waals surface area contributed by atoms with Crippen molar-refractivity contribution in [2.24, 2.45) is 0 Å². The van der Waals surface area contributed by atoms with Crippen molar-refractivity contribution >= 4 is 34.0 Å². The van der Waals surface area contributed by atoms with E-state index in [2.05, 4.69) is 14.8 Å². The molecule has 5 aromatic rings. The molecule has 10 nitrogen and oxygen atoms in total. The number of halogens is 2. The summed E-state index contributed by atoms with van der Waals surface area (Å²) in [5.41, 5.74) is 2.86. The summed E-state index contributed by atoms with van der Waals surface area (Å²) in [4.78, 5) is 36.3. The van der Waals surface area contributed by atoms with E-state index in [1.165, 1.54) is 6.07 Å². The lowest BCUT2D eigenvalue weighted by atomic mass is 9.93. The number of pyridine rings is 1. The Morgan fingerprint density at radius 3 is 2.60 bits per heavy atom. The molecule has 0 unspecified atom stereocenters. The number of piperidine rings is 1. The van der Waals surface area contributed by atoms with Gasteiger partial charge in [-0.2, -0.15) is 0 Å². The number of benzene rings is 2. The van der Waals surface area contributed by atoms with Gasteiger partial charge in [0.2, 0.25) is 5.88 Å². The van der Waals surface area contributed by atoms with Crippen LogP contribution < -0.4 is 25.6 Å². The summed E-state index contributed by atoms with van der Waals surface area (Å²) < 4.78 is 33.4. The molecule has 2 saturated heterocycles. The number of imidazole rings is 1. The summed E-state index contributed by atoms with van der Waals surface area (Å²) in [6.07, 6.45) is 3.04. The number of fused-ring (bicyclic) bond motifs is 1. The maximum atomic E-state index is 14.2. The van der Waals surface area contributed by atoms with E-state index >= 15 is 0 Å². The molecule has 1 atom stereocenters. The Balaban J connectivity index is 1.02. The Morgan fingerprint density at radius 2 is 1.85 bits per heavy atom. The Bertz CT molecular complexity index is 1980. The number of ether oxygens (including phenoxy) is 3. The molecule has 12 heteroatoms. The van der Waals surface area contributed by atoms with Crippen LogP contribution in [0, 0.1) is 5.82 Å². The minimum Gasteiger partial charge on any atom is -0.488 e. The number of likely N-dealkylation sites (tertiary alicyclic amines) is 1. The molecule has 0 spiro atoms. The summed E-state index contributed by atoms with van der Waals surface area (Å²) in [6.45, 7) is 6.10. The summed E-state index contributed by atoms with van der Waals surface area (Å²) in [5.74, 6) is 1.40. The molecule has 3 aromatic carbocycles. The van der Waals surface area contributed by atoms with Gasteiger partial charge >= 0.3 is 0 Å². The van der Waals surface area contributed by atoms with Crippen LogP contribution in [0.3, 0.4) is 0 Å². The molecule has 2 aliphatic heterocycles. The van der Waals surface area contributed by atoms with E-state index in [1.54, 1.807) is 25.1 Å². The van der Waals surface area contributed by atoms with Crippen molar-refractivity contribution in [2.75, 3.05) is 31.6 Å². The highest BCUT2D eigenvalue weighted by Gasteiger charge is 2.27. The Kier molecular flexibility index (Phi) is 8.94. The van der Waals surface area contributed by atoms with Crippen LogP contribution in [0.2, 0.25) is 5.02 Å². The topological polar surface area (TPSA) is 108 Å². The van der Waals surface area contributed by atoms with Gasteiger partial charge in [-0.15, -0.1) is 0 Å². The van der Waals surface area contributed by atoms with E-state index in [0.717, 1.165) is 68.1 Å². The second kappa shape index (κ2) is 13.4. The normalized spacial score (nSPS) is 17.2. The molecule has 1 N–H and O–H groups in total. The number of aromatic nitrogens is 3. The molecule has 47 heavy (non-hydrogen) atoms. The minimum atomic E-state index is -0.603. The van der Waals surface area contributed by atoms with E-state index in [0.29, 0.717) is 35.3 Å². The maximum absolute atomic E-state index is 14.2. The number of nitrogens with zero attached hydrogens (tertiary/aromatic N) is 4. The van der Waals surface area contributed by atoms with Crippen LogP contribution in [0.4, 0.5) is 15.8 Å². The molecule has 2 aromatic heterocycles. The minimum absolute atomic E-state index is 0.0757. The largest absolute Gasteiger partial charge is 0.488 e. The van der Waals surface area contributed by atoms with Crippen LogP contribution in [0.25, 0.3) is 11.0 Å². The predicted octanol–water partition coefficient (Wildman–Crippen LogP) is 5.71. The van der Waals surface area contributed by atoms with Gasteiger partial charge in [-0.05, 0) is 75.7 Å². The molecular weight excluding hydrogens is 625 g/mol. The fourth-order valence-corrected chi connectivity index (χ4v) is 6.40. The smallest absolute Gasteiger partial charge is 0.272 e. The number of anilines is 2. The maximum Gasteiger partial charge on any atom is 0.272 e. The van der Waals surface area contributed by atoms with E-state index < -0.39 is 16.7 Å². The van der Waals surface area contributed by atoms with E-state index in [9.17, 15) is 14.0 Å². The van der Waals surface area contributed by atoms with Crippen molar-refractivity contribution in [1.29, 1.82) is 0 Å². The summed E-state index contributed by atoms with van der Waals surface area (Å²) >= 11 is 5.87. The fourth-order valence-electron chi connectivity index (χ4n) is 6.24.